The van der Waals surface area contributed by atoms with E-state index in [1.165, 1.54) is 6.39 Å². The maximum atomic E-state index is 11.2. The van der Waals surface area contributed by atoms with Gasteiger partial charge >= 0.3 is 5.97 Å². The molecule has 0 spiro atoms. The molecule has 0 fully saturated rings. The SMILES string of the molecule is O=C(O)CCCCC(=O)NCc1ncon1. The second kappa shape index (κ2) is 6.54. The molecule has 7 heteroatoms. The number of unbranched alkanes of at least 4 members (excludes halogenated alkanes) is 1. The van der Waals surface area contributed by atoms with Crippen LogP contribution in [0.5, 0.6) is 0 Å². The van der Waals surface area contributed by atoms with Gasteiger partial charge in [-0.1, -0.05) is 5.16 Å². The summed E-state index contributed by atoms with van der Waals surface area (Å²) >= 11 is 0. The molecular formula is C9H13N3O4. The number of hydrogen-bond donors (Lipinski definition) is 2. The van der Waals surface area contributed by atoms with Crippen molar-refractivity contribution in [3.8, 4) is 0 Å². The Labute approximate surface area is 91.8 Å². The van der Waals surface area contributed by atoms with E-state index in [1.807, 2.05) is 0 Å². The molecule has 0 atom stereocenters. The number of nitrogens with zero attached hydrogens (tertiary/aromatic N) is 2. The number of nitrogens with one attached hydrogen (secondary N) is 1. The molecule has 1 heterocycles. The Morgan fingerprint density at radius 1 is 1.38 bits per heavy atom. The monoisotopic (exact) mass is 227 g/mol. The first-order valence-corrected chi connectivity index (χ1v) is 4.92. The third-order valence-corrected chi connectivity index (χ3v) is 1.90. The molecule has 0 bridgehead atoms. The normalized spacial score (nSPS) is 10.0. The number of carbonyl (C=O) groups is 2. The average molecular weight is 227 g/mol. The lowest BCUT2D eigenvalue weighted by Crippen LogP contribution is -2.22. The summed E-state index contributed by atoms with van der Waals surface area (Å²) in [5, 5.41) is 14.5. The molecule has 88 valence electrons. The minimum absolute atomic E-state index is 0.0954. The summed E-state index contributed by atoms with van der Waals surface area (Å²) in [6.07, 6.45) is 2.66. The van der Waals surface area contributed by atoms with Crippen molar-refractivity contribution < 1.29 is 19.2 Å². The van der Waals surface area contributed by atoms with Gasteiger partial charge in [0.2, 0.25) is 12.3 Å². The maximum Gasteiger partial charge on any atom is 0.303 e. The van der Waals surface area contributed by atoms with Crippen LogP contribution in [0.2, 0.25) is 0 Å². The number of aliphatic carboxylic acids is 1. The number of amides is 1. The Morgan fingerprint density at radius 2 is 2.12 bits per heavy atom. The van der Waals surface area contributed by atoms with Gasteiger partial charge in [0.1, 0.15) is 0 Å². The van der Waals surface area contributed by atoms with E-state index in [9.17, 15) is 9.59 Å². The molecule has 7 nitrogen and oxygen atoms in total. The lowest BCUT2D eigenvalue weighted by Gasteiger charge is -2.01. The van der Waals surface area contributed by atoms with E-state index in [1.54, 1.807) is 0 Å². The van der Waals surface area contributed by atoms with Gasteiger partial charge in [0, 0.05) is 12.8 Å². The predicted molar refractivity (Wildman–Crippen MR) is 52.2 cm³/mol. The fourth-order valence-corrected chi connectivity index (χ4v) is 1.10. The topological polar surface area (TPSA) is 105 Å². The number of carboxylic acids is 1. The van der Waals surface area contributed by atoms with E-state index in [-0.39, 0.29) is 18.9 Å². The quantitative estimate of drug-likeness (QED) is 0.650. The molecule has 1 aromatic rings. The molecule has 0 aliphatic carbocycles. The first-order valence-electron chi connectivity index (χ1n) is 4.92. The van der Waals surface area contributed by atoms with Gasteiger partial charge in [-0.3, -0.25) is 9.59 Å². The van der Waals surface area contributed by atoms with Gasteiger partial charge in [0.05, 0.1) is 6.54 Å². The summed E-state index contributed by atoms with van der Waals surface area (Å²) < 4.78 is 4.49. The molecular weight excluding hydrogens is 214 g/mol. The van der Waals surface area contributed by atoms with E-state index in [2.05, 4.69) is 20.0 Å². The molecule has 0 unspecified atom stereocenters. The van der Waals surface area contributed by atoms with Gasteiger partial charge < -0.3 is 14.9 Å². The van der Waals surface area contributed by atoms with Gasteiger partial charge in [0.25, 0.3) is 0 Å². The second-order valence-electron chi connectivity index (χ2n) is 3.23. The Bertz CT molecular complexity index is 337. The lowest BCUT2D eigenvalue weighted by molar-refractivity contribution is -0.137. The van der Waals surface area contributed by atoms with Crippen LogP contribution in [-0.2, 0) is 16.1 Å². The minimum atomic E-state index is -0.841. The molecule has 0 saturated carbocycles. The summed E-state index contributed by atoms with van der Waals surface area (Å²) in [5.74, 6) is -0.568. The predicted octanol–water partition coefficient (Wildman–Crippen LogP) is 0.331. The fourth-order valence-electron chi connectivity index (χ4n) is 1.10. The Morgan fingerprint density at radius 3 is 2.75 bits per heavy atom. The Balaban J connectivity index is 2.05. The summed E-state index contributed by atoms with van der Waals surface area (Å²) in [6, 6.07) is 0. The second-order valence-corrected chi connectivity index (χ2v) is 3.23. The van der Waals surface area contributed by atoms with Crippen LogP contribution in [0.25, 0.3) is 0 Å². The smallest absolute Gasteiger partial charge is 0.303 e. The van der Waals surface area contributed by atoms with Crippen molar-refractivity contribution in [1.82, 2.24) is 15.5 Å². The fraction of sp³-hybridized carbons (Fsp3) is 0.556. The third-order valence-electron chi connectivity index (χ3n) is 1.90. The van der Waals surface area contributed by atoms with Crippen molar-refractivity contribution in [2.75, 3.05) is 0 Å². The van der Waals surface area contributed by atoms with Crippen LogP contribution in [0.15, 0.2) is 10.9 Å². The highest BCUT2D eigenvalue weighted by molar-refractivity contribution is 5.75. The van der Waals surface area contributed by atoms with Gasteiger partial charge in [-0.2, -0.15) is 4.98 Å². The zero-order chi connectivity index (χ0) is 11.8. The molecule has 2 N–H and O–H groups in total. The minimum Gasteiger partial charge on any atom is -0.481 e. The first kappa shape index (κ1) is 12.2. The maximum absolute atomic E-state index is 11.2. The molecule has 16 heavy (non-hydrogen) atoms. The zero-order valence-corrected chi connectivity index (χ0v) is 8.68. The van der Waals surface area contributed by atoms with E-state index in [0.717, 1.165) is 0 Å². The van der Waals surface area contributed by atoms with Crippen molar-refractivity contribution in [3.63, 3.8) is 0 Å². The summed E-state index contributed by atoms with van der Waals surface area (Å²) in [6.45, 7) is 0.230. The third kappa shape index (κ3) is 5.08. The lowest BCUT2D eigenvalue weighted by atomic mass is 10.2. The molecule has 1 rings (SSSR count). The average Bonchev–Trinajstić information content (AvgIpc) is 2.74. The highest BCUT2D eigenvalue weighted by Crippen LogP contribution is 1.99. The number of carboxylic acid groups (broad SMARTS) is 1. The molecule has 0 radical (unpaired) electrons. The Kier molecular flexibility index (Phi) is 4.97. The standard InChI is InChI=1S/C9H13N3O4/c13-8(3-1-2-4-9(14)15)10-5-7-11-6-16-12-7/h6H,1-5H2,(H,10,13)(H,14,15). The summed E-state index contributed by atoms with van der Waals surface area (Å²) in [7, 11) is 0. The summed E-state index contributed by atoms with van der Waals surface area (Å²) in [5.41, 5.74) is 0. The first-order chi connectivity index (χ1) is 7.68. The molecule has 0 saturated heterocycles. The largest absolute Gasteiger partial charge is 0.481 e. The number of hydrogen-bond acceptors (Lipinski definition) is 5. The van der Waals surface area contributed by atoms with E-state index >= 15 is 0 Å². The van der Waals surface area contributed by atoms with Crippen molar-refractivity contribution in [3.05, 3.63) is 12.2 Å². The van der Waals surface area contributed by atoms with Gasteiger partial charge in [-0.25, -0.2) is 0 Å². The van der Waals surface area contributed by atoms with Gasteiger partial charge in [-0.15, -0.1) is 0 Å². The van der Waals surface area contributed by atoms with E-state index in [4.69, 9.17) is 5.11 Å². The van der Waals surface area contributed by atoms with Crippen molar-refractivity contribution in [2.24, 2.45) is 0 Å². The summed E-state index contributed by atoms with van der Waals surface area (Å²) in [4.78, 5) is 25.2. The number of rotatable bonds is 7. The van der Waals surface area contributed by atoms with Gasteiger partial charge in [-0.05, 0) is 12.8 Å². The van der Waals surface area contributed by atoms with Crippen LogP contribution in [-0.4, -0.2) is 27.1 Å². The van der Waals surface area contributed by atoms with Crippen molar-refractivity contribution in [1.29, 1.82) is 0 Å². The van der Waals surface area contributed by atoms with Crippen molar-refractivity contribution in [2.45, 2.75) is 32.2 Å². The van der Waals surface area contributed by atoms with Crippen LogP contribution in [0.1, 0.15) is 31.5 Å². The van der Waals surface area contributed by atoms with E-state index in [0.29, 0.717) is 25.1 Å². The number of carbonyl (C=O) groups excluding carboxylic acids is 1. The van der Waals surface area contributed by atoms with Crippen LogP contribution >= 0.6 is 0 Å². The number of aromatic nitrogens is 2. The van der Waals surface area contributed by atoms with Crippen molar-refractivity contribution >= 4 is 11.9 Å². The molecule has 0 aliphatic heterocycles. The highest BCUT2D eigenvalue weighted by Gasteiger charge is 2.04. The molecule has 0 aliphatic rings. The molecule has 1 amide bonds. The molecule has 0 aromatic carbocycles. The highest BCUT2D eigenvalue weighted by atomic mass is 16.5. The molecule has 1 aromatic heterocycles. The van der Waals surface area contributed by atoms with Crippen LogP contribution < -0.4 is 5.32 Å². The van der Waals surface area contributed by atoms with E-state index < -0.39 is 5.97 Å². The van der Waals surface area contributed by atoms with Crippen LogP contribution in [0.3, 0.4) is 0 Å². The zero-order valence-electron chi connectivity index (χ0n) is 8.68. The Hall–Kier alpha value is -1.92. The van der Waals surface area contributed by atoms with Crippen LogP contribution in [0, 0.1) is 0 Å². The van der Waals surface area contributed by atoms with Crippen LogP contribution in [0.4, 0.5) is 0 Å². The van der Waals surface area contributed by atoms with Gasteiger partial charge in [0.15, 0.2) is 5.82 Å².